The Labute approximate surface area is 185 Å². The lowest BCUT2D eigenvalue weighted by molar-refractivity contribution is -0.567. The number of hydrogen-bond donors (Lipinski definition) is 0. The second-order valence-corrected chi connectivity index (χ2v) is 6.82. The van der Waals surface area contributed by atoms with E-state index in [2.05, 4.69) is 0 Å². The van der Waals surface area contributed by atoms with Crippen LogP contribution in [0.1, 0.15) is 26.3 Å². The first-order valence-electron chi connectivity index (χ1n) is 10.0. The van der Waals surface area contributed by atoms with E-state index in [0.29, 0.717) is 16.7 Å². The van der Waals surface area contributed by atoms with Crippen molar-refractivity contribution in [1.29, 1.82) is 0 Å². The van der Waals surface area contributed by atoms with E-state index < -0.39 is 11.9 Å². The van der Waals surface area contributed by atoms with Crippen LogP contribution in [-0.2, 0) is 0 Å². The minimum atomic E-state index is -0.546. The molecule has 0 aliphatic heterocycles. The van der Waals surface area contributed by atoms with Crippen LogP contribution >= 0.6 is 0 Å². The summed E-state index contributed by atoms with van der Waals surface area (Å²) >= 11 is 0. The highest BCUT2D eigenvalue weighted by Gasteiger charge is 2.19. The summed E-state index contributed by atoms with van der Waals surface area (Å²) in [6.07, 6.45) is 7.36. The Morgan fingerprint density at radius 2 is 1.19 bits per heavy atom. The van der Waals surface area contributed by atoms with Crippen LogP contribution in [0, 0.1) is 0 Å². The standard InChI is InChI=1S/C27H20NO4/c29-26(22-11-4-1-5-12-22)31-24-16-10-15-21(17-20-28-18-8-3-9-19-28)25(24)32-27(30)23-13-6-2-7-14-23/h1-20H/q+1. The molecule has 0 radical (unpaired) electrons. The van der Waals surface area contributed by atoms with Crippen molar-refractivity contribution < 1.29 is 23.6 Å². The molecule has 0 aliphatic rings. The van der Waals surface area contributed by atoms with Crippen LogP contribution in [0.25, 0.3) is 12.3 Å². The molecule has 4 aromatic rings. The minimum absolute atomic E-state index is 0.156. The third kappa shape index (κ3) is 5.15. The molecule has 0 unspecified atom stereocenters. The van der Waals surface area contributed by atoms with Gasteiger partial charge in [0.15, 0.2) is 30.1 Å². The fourth-order valence-electron chi connectivity index (χ4n) is 2.99. The van der Waals surface area contributed by atoms with E-state index in [1.54, 1.807) is 72.8 Å². The number of rotatable bonds is 6. The highest BCUT2D eigenvalue weighted by Crippen LogP contribution is 2.33. The molecule has 1 aromatic heterocycles. The van der Waals surface area contributed by atoms with E-state index in [0.717, 1.165) is 0 Å². The van der Waals surface area contributed by atoms with Crippen LogP contribution in [-0.4, -0.2) is 11.9 Å². The third-order valence-corrected chi connectivity index (χ3v) is 4.59. The molecule has 156 valence electrons. The Hall–Kier alpha value is -4.51. The maximum Gasteiger partial charge on any atom is 0.343 e. The Balaban J connectivity index is 1.69. The lowest BCUT2D eigenvalue weighted by Gasteiger charge is -2.13. The van der Waals surface area contributed by atoms with Crippen molar-refractivity contribution in [3.63, 3.8) is 0 Å². The number of pyridine rings is 1. The summed E-state index contributed by atoms with van der Waals surface area (Å²) in [7, 11) is 0. The van der Waals surface area contributed by atoms with Gasteiger partial charge < -0.3 is 9.47 Å². The average Bonchev–Trinajstić information content (AvgIpc) is 2.85. The van der Waals surface area contributed by atoms with Crippen molar-refractivity contribution in [3.05, 3.63) is 126 Å². The smallest absolute Gasteiger partial charge is 0.343 e. The van der Waals surface area contributed by atoms with E-state index >= 15 is 0 Å². The summed E-state index contributed by atoms with van der Waals surface area (Å²) in [5, 5.41) is 0. The highest BCUT2D eigenvalue weighted by atomic mass is 16.6. The van der Waals surface area contributed by atoms with Crippen molar-refractivity contribution in [3.8, 4) is 11.5 Å². The number of nitrogens with zero attached hydrogens (tertiary/aromatic N) is 1. The Morgan fingerprint density at radius 1 is 0.625 bits per heavy atom. The Morgan fingerprint density at radius 3 is 1.81 bits per heavy atom. The van der Waals surface area contributed by atoms with E-state index in [4.69, 9.17) is 9.47 Å². The van der Waals surface area contributed by atoms with Gasteiger partial charge >= 0.3 is 11.9 Å². The molecule has 0 atom stereocenters. The van der Waals surface area contributed by atoms with Gasteiger partial charge in [0.05, 0.1) is 11.1 Å². The first-order valence-corrected chi connectivity index (χ1v) is 10.0. The predicted octanol–water partition coefficient (Wildman–Crippen LogP) is 5.04. The average molecular weight is 422 g/mol. The number of carbonyl (C=O) groups excluding carboxylic acids is 2. The maximum atomic E-state index is 12.8. The molecule has 0 spiro atoms. The van der Waals surface area contributed by atoms with Crippen LogP contribution in [0.4, 0.5) is 0 Å². The SMILES string of the molecule is O=C(Oc1cccc(C=C[n+]2ccccc2)c1OC(=O)c1ccccc1)c1ccccc1. The largest absolute Gasteiger partial charge is 0.419 e. The molecule has 4 rings (SSSR count). The molecule has 1 heterocycles. The van der Waals surface area contributed by atoms with Crippen LogP contribution in [0.3, 0.4) is 0 Å². The van der Waals surface area contributed by atoms with Gasteiger partial charge in [-0.25, -0.2) is 9.59 Å². The van der Waals surface area contributed by atoms with Crippen molar-refractivity contribution in [2.75, 3.05) is 0 Å². The molecular weight excluding hydrogens is 402 g/mol. The molecule has 5 nitrogen and oxygen atoms in total. The van der Waals surface area contributed by atoms with Gasteiger partial charge in [-0.05, 0) is 30.3 Å². The topological polar surface area (TPSA) is 56.5 Å². The Kier molecular flexibility index (Phi) is 6.48. The minimum Gasteiger partial charge on any atom is -0.419 e. The van der Waals surface area contributed by atoms with Gasteiger partial charge in [-0.2, -0.15) is 4.57 Å². The van der Waals surface area contributed by atoms with Gasteiger partial charge in [0.1, 0.15) is 0 Å². The van der Waals surface area contributed by atoms with Gasteiger partial charge in [-0.15, -0.1) is 0 Å². The quantitative estimate of drug-likeness (QED) is 0.248. The number of para-hydroxylation sites is 1. The third-order valence-electron chi connectivity index (χ3n) is 4.59. The molecule has 3 aromatic carbocycles. The number of carbonyl (C=O) groups is 2. The molecule has 0 N–H and O–H groups in total. The molecule has 0 bridgehead atoms. The lowest BCUT2D eigenvalue weighted by atomic mass is 10.1. The fourth-order valence-corrected chi connectivity index (χ4v) is 2.99. The van der Waals surface area contributed by atoms with Gasteiger partial charge in [0.25, 0.3) is 0 Å². The molecule has 5 heteroatoms. The molecule has 0 aliphatic carbocycles. The molecule has 0 fully saturated rings. The van der Waals surface area contributed by atoms with Crippen molar-refractivity contribution in [1.82, 2.24) is 0 Å². The van der Waals surface area contributed by atoms with E-state index in [1.807, 2.05) is 53.5 Å². The summed E-state index contributed by atoms with van der Waals surface area (Å²) in [6, 6.07) is 28.1. The molecular formula is C27H20NO4+. The van der Waals surface area contributed by atoms with E-state index in [1.165, 1.54) is 0 Å². The number of ether oxygens (including phenoxy) is 2. The molecule has 0 amide bonds. The van der Waals surface area contributed by atoms with Gasteiger partial charge in [0, 0.05) is 23.8 Å². The predicted molar refractivity (Wildman–Crippen MR) is 121 cm³/mol. The maximum absolute atomic E-state index is 12.8. The summed E-state index contributed by atoms with van der Waals surface area (Å²) in [5.41, 5.74) is 1.38. The monoisotopic (exact) mass is 422 g/mol. The second-order valence-electron chi connectivity index (χ2n) is 6.82. The van der Waals surface area contributed by atoms with Gasteiger partial charge in [0.2, 0.25) is 0 Å². The van der Waals surface area contributed by atoms with Crippen LogP contribution in [0.2, 0.25) is 0 Å². The normalized spacial score (nSPS) is 10.6. The van der Waals surface area contributed by atoms with Crippen molar-refractivity contribution >= 4 is 24.2 Å². The second kappa shape index (κ2) is 10.00. The molecule has 0 saturated heterocycles. The number of esters is 2. The first kappa shape index (κ1) is 20.8. The highest BCUT2D eigenvalue weighted by molar-refractivity contribution is 5.94. The summed E-state index contributed by atoms with van der Waals surface area (Å²) in [6.45, 7) is 0. The van der Waals surface area contributed by atoms with Crippen molar-refractivity contribution in [2.24, 2.45) is 0 Å². The van der Waals surface area contributed by atoms with Crippen molar-refractivity contribution in [2.45, 2.75) is 0 Å². The Bertz CT molecular complexity index is 1240. The fraction of sp³-hybridized carbons (Fsp3) is 0. The van der Waals surface area contributed by atoms with E-state index in [9.17, 15) is 9.59 Å². The summed E-state index contributed by atoms with van der Waals surface area (Å²) in [4.78, 5) is 25.4. The van der Waals surface area contributed by atoms with Gasteiger partial charge in [-0.3, -0.25) is 0 Å². The summed E-state index contributed by atoms with van der Waals surface area (Å²) < 4.78 is 13.2. The van der Waals surface area contributed by atoms with E-state index in [-0.39, 0.29) is 11.5 Å². The number of aromatic nitrogens is 1. The summed E-state index contributed by atoms with van der Waals surface area (Å²) in [5.74, 6) is -0.765. The molecule has 32 heavy (non-hydrogen) atoms. The zero-order chi connectivity index (χ0) is 22.2. The zero-order valence-electron chi connectivity index (χ0n) is 17.1. The van der Waals surface area contributed by atoms with Crippen LogP contribution < -0.4 is 14.0 Å². The zero-order valence-corrected chi connectivity index (χ0v) is 17.1. The van der Waals surface area contributed by atoms with Gasteiger partial charge in [-0.1, -0.05) is 54.6 Å². The van der Waals surface area contributed by atoms with Crippen LogP contribution in [0.15, 0.2) is 109 Å². The number of benzene rings is 3. The number of hydrogen-bond acceptors (Lipinski definition) is 4. The first-order chi connectivity index (χ1) is 15.7. The molecule has 0 saturated carbocycles. The lowest BCUT2D eigenvalue weighted by Crippen LogP contribution is -2.23. The van der Waals surface area contributed by atoms with Crippen LogP contribution in [0.5, 0.6) is 11.5 Å².